The first-order chi connectivity index (χ1) is 16.0. The molecule has 11 nitrogen and oxygen atoms in total. The Labute approximate surface area is 200 Å². The quantitative estimate of drug-likeness (QED) is 0.121. The van der Waals surface area contributed by atoms with Crippen molar-refractivity contribution < 1.29 is 53.0 Å². The number of aliphatic hydroxyl groups is 2. The Morgan fingerprint density at radius 3 is 1.21 bits per heavy atom. The molecular weight excluding hydrogens is 452 g/mol. The fraction of sp³-hybridized carbons (Fsp3) is 0.609. The van der Waals surface area contributed by atoms with Gasteiger partial charge in [-0.15, -0.1) is 0 Å². The summed E-state index contributed by atoms with van der Waals surface area (Å²) in [5.41, 5.74) is 1.00. The molecule has 0 bridgehead atoms. The zero-order chi connectivity index (χ0) is 26.4. The third-order valence-corrected chi connectivity index (χ3v) is 3.33. The molecule has 0 aliphatic carbocycles. The Bertz CT molecular complexity index is 607. The Kier molecular flexibility index (Phi) is 22.0. The van der Waals surface area contributed by atoms with Crippen molar-refractivity contribution in [2.75, 3.05) is 66.1 Å². The SMILES string of the molecule is C=C(C)C(=O)OCC(O)CO.C=C(C)C(=O)OCCOCCOCCOCCOC(=O)C(=C)C. The minimum absolute atomic E-state index is 0.192. The van der Waals surface area contributed by atoms with Gasteiger partial charge in [0, 0.05) is 16.7 Å². The van der Waals surface area contributed by atoms with E-state index in [2.05, 4.69) is 24.5 Å². The van der Waals surface area contributed by atoms with E-state index in [1.165, 1.54) is 6.92 Å². The van der Waals surface area contributed by atoms with Crippen LogP contribution < -0.4 is 0 Å². The lowest BCUT2D eigenvalue weighted by atomic mass is 10.3. The van der Waals surface area contributed by atoms with Gasteiger partial charge < -0.3 is 38.6 Å². The Morgan fingerprint density at radius 1 is 0.618 bits per heavy atom. The minimum atomic E-state index is -1.00. The summed E-state index contributed by atoms with van der Waals surface area (Å²) in [6, 6.07) is 0. The molecule has 0 radical (unpaired) electrons. The fourth-order valence-corrected chi connectivity index (χ4v) is 1.52. The summed E-state index contributed by atoms with van der Waals surface area (Å²) >= 11 is 0. The number of hydrogen-bond donors (Lipinski definition) is 2. The van der Waals surface area contributed by atoms with Gasteiger partial charge in [-0.25, -0.2) is 14.4 Å². The van der Waals surface area contributed by atoms with Crippen LogP contribution in [0, 0.1) is 0 Å². The van der Waals surface area contributed by atoms with Crippen LogP contribution in [0.15, 0.2) is 36.5 Å². The molecule has 0 amide bonds. The summed E-state index contributed by atoms with van der Waals surface area (Å²) in [6.45, 7) is 17.0. The summed E-state index contributed by atoms with van der Waals surface area (Å²) in [5, 5.41) is 17.1. The standard InChI is InChI=1S/C16H26O7.C7H12O4/c1-13(2)15(17)22-11-9-20-7-5-19-6-8-21-10-12-23-16(18)14(3)4;1-5(2)7(10)11-4-6(9)3-8/h1,3,5-12H2,2,4H3;6,8-9H,1,3-4H2,2H3. The van der Waals surface area contributed by atoms with Crippen molar-refractivity contribution in [2.24, 2.45) is 0 Å². The number of esters is 3. The molecule has 0 fully saturated rings. The van der Waals surface area contributed by atoms with Crippen molar-refractivity contribution in [2.45, 2.75) is 26.9 Å². The maximum Gasteiger partial charge on any atom is 0.333 e. The van der Waals surface area contributed by atoms with Crippen LogP contribution in [0.5, 0.6) is 0 Å². The van der Waals surface area contributed by atoms with Crippen LogP contribution in [-0.2, 0) is 42.8 Å². The van der Waals surface area contributed by atoms with E-state index >= 15 is 0 Å². The van der Waals surface area contributed by atoms with Gasteiger partial charge in [-0.2, -0.15) is 0 Å². The van der Waals surface area contributed by atoms with Crippen LogP contribution in [0.3, 0.4) is 0 Å². The second kappa shape index (κ2) is 22.2. The first-order valence-corrected chi connectivity index (χ1v) is 10.5. The second-order valence-corrected chi connectivity index (χ2v) is 6.88. The smallest absolute Gasteiger partial charge is 0.333 e. The van der Waals surface area contributed by atoms with Crippen LogP contribution >= 0.6 is 0 Å². The molecule has 0 aromatic heterocycles. The zero-order valence-corrected chi connectivity index (χ0v) is 20.3. The highest BCUT2D eigenvalue weighted by molar-refractivity contribution is 5.87. The van der Waals surface area contributed by atoms with E-state index in [9.17, 15) is 14.4 Å². The van der Waals surface area contributed by atoms with Crippen molar-refractivity contribution in [1.29, 1.82) is 0 Å². The molecule has 1 atom stereocenters. The van der Waals surface area contributed by atoms with Crippen molar-refractivity contribution >= 4 is 17.9 Å². The highest BCUT2D eigenvalue weighted by atomic mass is 16.6. The predicted octanol–water partition coefficient (Wildman–Crippen LogP) is 0.734. The molecular formula is C23H38O11. The van der Waals surface area contributed by atoms with Gasteiger partial charge in [0.05, 0.1) is 46.2 Å². The van der Waals surface area contributed by atoms with Crippen molar-refractivity contribution in [3.8, 4) is 0 Å². The van der Waals surface area contributed by atoms with Gasteiger partial charge in [-0.3, -0.25) is 0 Å². The summed E-state index contributed by atoms with van der Waals surface area (Å²) in [4.78, 5) is 32.7. The molecule has 0 rings (SSSR count). The highest BCUT2D eigenvalue weighted by Crippen LogP contribution is 1.94. The van der Waals surface area contributed by atoms with Gasteiger partial charge in [0.15, 0.2) is 0 Å². The lowest BCUT2D eigenvalue weighted by Crippen LogP contribution is -2.22. The number of ether oxygens (including phenoxy) is 6. The summed E-state index contributed by atoms with van der Waals surface area (Å²) in [7, 11) is 0. The second-order valence-electron chi connectivity index (χ2n) is 6.88. The molecule has 34 heavy (non-hydrogen) atoms. The molecule has 0 spiro atoms. The Balaban J connectivity index is 0. The maximum absolute atomic E-state index is 11.0. The number of hydrogen-bond acceptors (Lipinski definition) is 11. The van der Waals surface area contributed by atoms with Crippen molar-refractivity contribution in [3.05, 3.63) is 36.5 Å². The number of aliphatic hydroxyl groups excluding tert-OH is 2. The lowest BCUT2D eigenvalue weighted by Gasteiger charge is -2.08. The van der Waals surface area contributed by atoms with Crippen LogP contribution in [0.4, 0.5) is 0 Å². The van der Waals surface area contributed by atoms with E-state index in [4.69, 9.17) is 33.9 Å². The molecule has 2 N–H and O–H groups in total. The van der Waals surface area contributed by atoms with E-state index in [0.29, 0.717) is 50.8 Å². The molecule has 0 heterocycles. The van der Waals surface area contributed by atoms with Crippen LogP contribution in [0.2, 0.25) is 0 Å². The van der Waals surface area contributed by atoms with Gasteiger partial charge >= 0.3 is 17.9 Å². The van der Waals surface area contributed by atoms with Crippen molar-refractivity contribution in [1.82, 2.24) is 0 Å². The molecule has 1 unspecified atom stereocenters. The molecule has 0 aromatic carbocycles. The normalized spacial score (nSPS) is 10.9. The first kappa shape index (κ1) is 33.6. The number of carbonyl (C=O) groups is 3. The van der Waals surface area contributed by atoms with E-state index in [0.717, 1.165) is 0 Å². The topological polar surface area (TPSA) is 147 Å². The maximum atomic E-state index is 11.0. The molecule has 0 saturated carbocycles. The third-order valence-electron chi connectivity index (χ3n) is 3.33. The van der Waals surface area contributed by atoms with Crippen molar-refractivity contribution in [3.63, 3.8) is 0 Å². The minimum Gasteiger partial charge on any atom is -0.460 e. The Morgan fingerprint density at radius 2 is 0.912 bits per heavy atom. The molecule has 0 aliphatic heterocycles. The van der Waals surface area contributed by atoms with E-state index in [1.54, 1.807) is 13.8 Å². The summed E-state index contributed by atoms with van der Waals surface area (Å²) in [6.07, 6.45) is -1.00. The summed E-state index contributed by atoms with van der Waals surface area (Å²) in [5.74, 6) is -1.40. The molecule has 0 aromatic rings. The fourth-order valence-electron chi connectivity index (χ4n) is 1.52. The molecule has 11 heteroatoms. The predicted molar refractivity (Wildman–Crippen MR) is 123 cm³/mol. The van der Waals surface area contributed by atoms with Crippen LogP contribution in [0.1, 0.15) is 20.8 Å². The first-order valence-electron chi connectivity index (χ1n) is 10.5. The molecule has 0 saturated heterocycles. The zero-order valence-electron chi connectivity index (χ0n) is 20.3. The lowest BCUT2D eigenvalue weighted by molar-refractivity contribution is -0.143. The van der Waals surface area contributed by atoms with E-state index < -0.39 is 30.6 Å². The van der Waals surface area contributed by atoms with Gasteiger partial charge in [0.2, 0.25) is 0 Å². The molecule has 0 aliphatic rings. The van der Waals surface area contributed by atoms with Gasteiger partial charge in [-0.05, 0) is 20.8 Å². The van der Waals surface area contributed by atoms with E-state index in [-0.39, 0.29) is 25.4 Å². The van der Waals surface area contributed by atoms with Crippen LogP contribution in [-0.4, -0.2) is 100 Å². The average molecular weight is 491 g/mol. The number of rotatable bonds is 18. The highest BCUT2D eigenvalue weighted by Gasteiger charge is 2.07. The molecule has 196 valence electrons. The van der Waals surface area contributed by atoms with E-state index in [1.807, 2.05) is 0 Å². The average Bonchev–Trinajstić information content (AvgIpc) is 2.79. The van der Waals surface area contributed by atoms with Gasteiger partial charge in [-0.1, -0.05) is 19.7 Å². The summed E-state index contributed by atoms with van der Waals surface area (Å²) < 4.78 is 29.9. The third kappa shape index (κ3) is 22.6. The Hall–Kier alpha value is -2.57. The largest absolute Gasteiger partial charge is 0.460 e. The van der Waals surface area contributed by atoms with Gasteiger partial charge in [0.1, 0.15) is 25.9 Å². The van der Waals surface area contributed by atoms with Gasteiger partial charge in [0.25, 0.3) is 0 Å². The van der Waals surface area contributed by atoms with Crippen LogP contribution in [0.25, 0.3) is 0 Å². The monoisotopic (exact) mass is 490 g/mol. The number of carbonyl (C=O) groups excluding carboxylic acids is 3.